The van der Waals surface area contributed by atoms with E-state index in [4.69, 9.17) is 5.73 Å². The second-order valence-electron chi connectivity index (χ2n) is 4.38. The van der Waals surface area contributed by atoms with Crippen LogP contribution in [0.25, 0.3) is 0 Å². The van der Waals surface area contributed by atoms with Crippen LogP contribution in [0, 0.1) is 0 Å². The summed E-state index contributed by atoms with van der Waals surface area (Å²) < 4.78 is 0. The van der Waals surface area contributed by atoms with Crippen molar-refractivity contribution in [3.63, 3.8) is 0 Å². The first-order valence-electron chi connectivity index (χ1n) is 6.01. The predicted molar refractivity (Wildman–Crippen MR) is 69.2 cm³/mol. The van der Waals surface area contributed by atoms with E-state index in [2.05, 4.69) is 13.0 Å². The Morgan fingerprint density at radius 1 is 1.41 bits per heavy atom. The van der Waals surface area contributed by atoms with Crippen LogP contribution in [-0.2, 0) is 6.42 Å². The van der Waals surface area contributed by atoms with Crippen LogP contribution < -0.4 is 10.6 Å². The van der Waals surface area contributed by atoms with Crippen LogP contribution in [0.1, 0.15) is 12.5 Å². The lowest BCUT2D eigenvalue weighted by Crippen LogP contribution is -2.35. The number of rotatable bonds is 3. The average molecular weight is 233 g/mol. The third-order valence-electron chi connectivity index (χ3n) is 3.41. The molecule has 4 nitrogen and oxygen atoms in total. The van der Waals surface area contributed by atoms with Crippen molar-refractivity contribution in [2.45, 2.75) is 19.4 Å². The summed E-state index contributed by atoms with van der Waals surface area (Å²) >= 11 is 0. The Labute approximate surface area is 102 Å². The molecule has 92 valence electrons. The van der Waals surface area contributed by atoms with Gasteiger partial charge in [-0.3, -0.25) is 4.90 Å². The summed E-state index contributed by atoms with van der Waals surface area (Å²) in [5.74, 6) is 0. The number of hydrogen-bond acceptors (Lipinski definition) is 2. The minimum Gasteiger partial charge on any atom is -0.328 e. The number of hydrogen-bond donors (Lipinski definition) is 1. The van der Waals surface area contributed by atoms with E-state index in [1.807, 2.05) is 30.1 Å². The van der Waals surface area contributed by atoms with Crippen molar-refractivity contribution in [3.8, 4) is 0 Å². The summed E-state index contributed by atoms with van der Waals surface area (Å²) in [7, 11) is 1.81. The molecule has 1 aliphatic heterocycles. The maximum Gasteiger partial charge on any atom is 0.324 e. The van der Waals surface area contributed by atoms with Gasteiger partial charge in [0.15, 0.2) is 0 Å². The molecule has 0 aromatic heterocycles. The fourth-order valence-electron chi connectivity index (χ4n) is 2.27. The molecule has 17 heavy (non-hydrogen) atoms. The molecule has 0 aliphatic carbocycles. The van der Waals surface area contributed by atoms with Gasteiger partial charge in [-0.05, 0) is 18.1 Å². The first-order valence-corrected chi connectivity index (χ1v) is 6.01. The molecule has 1 aliphatic rings. The normalized spacial score (nSPS) is 20.2. The highest BCUT2D eigenvalue weighted by Crippen LogP contribution is 2.26. The summed E-state index contributed by atoms with van der Waals surface area (Å²) in [6, 6.07) is 8.21. The molecule has 1 atom stereocenters. The number of anilines is 1. The highest BCUT2D eigenvalue weighted by molar-refractivity contribution is 5.95. The van der Waals surface area contributed by atoms with Gasteiger partial charge >= 0.3 is 6.03 Å². The lowest BCUT2D eigenvalue weighted by atomic mass is 10.1. The molecule has 0 spiro atoms. The molecule has 1 saturated heterocycles. The van der Waals surface area contributed by atoms with Gasteiger partial charge in [0.1, 0.15) is 0 Å². The summed E-state index contributed by atoms with van der Waals surface area (Å²) in [6.45, 7) is 3.29. The fourth-order valence-corrected chi connectivity index (χ4v) is 2.27. The van der Waals surface area contributed by atoms with Gasteiger partial charge in [0.2, 0.25) is 0 Å². The smallest absolute Gasteiger partial charge is 0.324 e. The molecule has 1 fully saturated rings. The van der Waals surface area contributed by atoms with Gasteiger partial charge < -0.3 is 10.6 Å². The molecule has 1 heterocycles. The van der Waals surface area contributed by atoms with E-state index in [0.29, 0.717) is 13.1 Å². The minimum absolute atomic E-state index is 0.0429. The molecule has 1 unspecified atom stereocenters. The van der Waals surface area contributed by atoms with Crippen LogP contribution in [0.15, 0.2) is 24.3 Å². The second-order valence-corrected chi connectivity index (χ2v) is 4.38. The Morgan fingerprint density at radius 3 is 2.71 bits per heavy atom. The van der Waals surface area contributed by atoms with E-state index < -0.39 is 0 Å². The number of amides is 2. The predicted octanol–water partition coefficient (Wildman–Crippen LogP) is 1.45. The lowest BCUT2D eigenvalue weighted by molar-refractivity contribution is 0.219. The van der Waals surface area contributed by atoms with Gasteiger partial charge in [-0.1, -0.05) is 25.1 Å². The van der Waals surface area contributed by atoms with Crippen molar-refractivity contribution < 1.29 is 4.79 Å². The maximum absolute atomic E-state index is 12.1. The van der Waals surface area contributed by atoms with Gasteiger partial charge in [-0.25, -0.2) is 4.79 Å². The van der Waals surface area contributed by atoms with Crippen LogP contribution in [0.5, 0.6) is 0 Å². The van der Waals surface area contributed by atoms with Crippen LogP contribution in [0.2, 0.25) is 0 Å². The van der Waals surface area contributed by atoms with E-state index >= 15 is 0 Å². The molecule has 1 aromatic carbocycles. The molecule has 0 saturated carbocycles. The van der Waals surface area contributed by atoms with Crippen LogP contribution in [0.3, 0.4) is 0 Å². The zero-order valence-corrected chi connectivity index (χ0v) is 10.4. The number of urea groups is 1. The Bertz CT molecular complexity index is 419. The molecule has 2 amide bonds. The molecule has 0 bridgehead atoms. The standard InChI is InChI=1S/C13H19N3O/c1-3-10-6-4-5-7-12(10)16-9-11(8-14)15(2)13(16)17/h4-7,11H,3,8-9,14H2,1-2H3. The van der Waals surface area contributed by atoms with Crippen LogP contribution in [-0.4, -0.2) is 37.1 Å². The van der Waals surface area contributed by atoms with E-state index in [1.165, 1.54) is 5.56 Å². The third kappa shape index (κ3) is 2.00. The maximum atomic E-state index is 12.1. The van der Waals surface area contributed by atoms with E-state index in [1.54, 1.807) is 4.90 Å². The minimum atomic E-state index is 0.0429. The van der Waals surface area contributed by atoms with Crippen molar-refractivity contribution in [2.75, 3.05) is 25.0 Å². The quantitative estimate of drug-likeness (QED) is 0.859. The first kappa shape index (κ1) is 11.9. The fraction of sp³-hybridized carbons (Fsp3) is 0.462. The Hall–Kier alpha value is -1.55. The Balaban J connectivity index is 2.32. The zero-order valence-electron chi connectivity index (χ0n) is 10.4. The second kappa shape index (κ2) is 4.75. The molecular weight excluding hydrogens is 214 g/mol. The number of carbonyl (C=O) groups is 1. The topological polar surface area (TPSA) is 49.6 Å². The molecular formula is C13H19N3O. The van der Waals surface area contributed by atoms with E-state index in [0.717, 1.165) is 12.1 Å². The third-order valence-corrected chi connectivity index (χ3v) is 3.41. The molecule has 4 heteroatoms. The van der Waals surface area contributed by atoms with Crippen LogP contribution in [0.4, 0.5) is 10.5 Å². The number of carbonyl (C=O) groups excluding carboxylic acids is 1. The largest absolute Gasteiger partial charge is 0.328 e. The molecule has 0 radical (unpaired) electrons. The van der Waals surface area contributed by atoms with Gasteiger partial charge in [0.05, 0.1) is 6.04 Å². The molecule has 2 N–H and O–H groups in total. The Kier molecular flexibility index (Phi) is 3.33. The highest BCUT2D eigenvalue weighted by atomic mass is 16.2. The summed E-state index contributed by atoms with van der Waals surface area (Å²) in [6.07, 6.45) is 0.928. The average Bonchev–Trinajstić information content (AvgIpc) is 2.66. The summed E-state index contributed by atoms with van der Waals surface area (Å²) in [5, 5.41) is 0. The van der Waals surface area contributed by atoms with Crippen molar-refractivity contribution in [1.82, 2.24) is 4.90 Å². The number of likely N-dealkylation sites (N-methyl/N-ethyl adjacent to an activating group) is 1. The lowest BCUT2D eigenvalue weighted by Gasteiger charge is -2.18. The van der Waals surface area contributed by atoms with Gasteiger partial charge in [-0.2, -0.15) is 0 Å². The van der Waals surface area contributed by atoms with Crippen molar-refractivity contribution in [3.05, 3.63) is 29.8 Å². The zero-order chi connectivity index (χ0) is 12.4. The highest BCUT2D eigenvalue weighted by Gasteiger charge is 2.35. The molecule has 1 aromatic rings. The Morgan fingerprint density at radius 2 is 2.12 bits per heavy atom. The number of para-hydroxylation sites is 1. The monoisotopic (exact) mass is 233 g/mol. The van der Waals surface area contributed by atoms with Crippen LogP contribution >= 0.6 is 0 Å². The SMILES string of the molecule is CCc1ccccc1N1CC(CN)N(C)C1=O. The van der Waals surface area contributed by atoms with E-state index in [9.17, 15) is 4.79 Å². The summed E-state index contributed by atoms with van der Waals surface area (Å²) in [4.78, 5) is 15.7. The van der Waals surface area contributed by atoms with Gasteiger partial charge in [0, 0.05) is 25.8 Å². The van der Waals surface area contributed by atoms with Crippen molar-refractivity contribution in [1.29, 1.82) is 0 Å². The van der Waals surface area contributed by atoms with Crippen molar-refractivity contribution >= 4 is 11.7 Å². The van der Waals surface area contributed by atoms with Crippen molar-refractivity contribution in [2.24, 2.45) is 5.73 Å². The number of benzene rings is 1. The first-order chi connectivity index (χ1) is 8.19. The van der Waals surface area contributed by atoms with Gasteiger partial charge in [-0.15, -0.1) is 0 Å². The number of nitrogens with two attached hydrogens (primary N) is 1. The summed E-state index contributed by atoms with van der Waals surface area (Å²) in [5.41, 5.74) is 7.89. The molecule has 2 rings (SSSR count). The van der Waals surface area contributed by atoms with E-state index in [-0.39, 0.29) is 12.1 Å². The van der Waals surface area contributed by atoms with Gasteiger partial charge in [0.25, 0.3) is 0 Å². The number of nitrogens with zero attached hydrogens (tertiary/aromatic N) is 2. The number of aryl methyl sites for hydroxylation is 1.